The van der Waals surface area contributed by atoms with Crippen LogP contribution in [0, 0.1) is 0 Å². The van der Waals surface area contributed by atoms with Gasteiger partial charge in [0.1, 0.15) is 0 Å². The topological polar surface area (TPSA) is 84.0 Å². The Kier molecular flexibility index (Phi) is 6.49. The maximum atomic E-state index is 12.0. The van der Waals surface area contributed by atoms with Gasteiger partial charge in [0.05, 0.1) is 20.7 Å². The summed E-state index contributed by atoms with van der Waals surface area (Å²) in [6.45, 7) is 0. The molecule has 26 heavy (non-hydrogen) atoms. The number of hydrogen-bond acceptors (Lipinski definition) is 7. The lowest BCUT2D eigenvalue weighted by Crippen LogP contribution is -2.13. The van der Waals surface area contributed by atoms with Crippen LogP contribution in [0.4, 0.5) is 10.8 Å². The number of benzene rings is 1. The first kappa shape index (κ1) is 19.1. The van der Waals surface area contributed by atoms with Gasteiger partial charge in [0, 0.05) is 5.69 Å². The molecule has 2 amide bonds. The first-order chi connectivity index (χ1) is 12.5. The third-order valence-corrected chi connectivity index (χ3v) is 6.48. The molecule has 11 heteroatoms. The van der Waals surface area contributed by atoms with Crippen molar-refractivity contribution in [2.75, 3.05) is 16.4 Å². The van der Waals surface area contributed by atoms with Crippen LogP contribution < -0.4 is 10.6 Å². The van der Waals surface area contributed by atoms with Crippen molar-refractivity contribution in [1.82, 2.24) is 10.2 Å². The average molecular weight is 445 g/mol. The molecule has 0 saturated heterocycles. The van der Waals surface area contributed by atoms with E-state index in [9.17, 15) is 9.59 Å². The van der Waals surface area contributed by atoms with Crippen LogP contribution in [0.25, 0.3) is 0 Å². The SMILES string of the molecule is O=C(CSc1nnc(NC(=O)c2cccs2)s1)Nc1ccc(Cl)c(Cl)c1. The highest BCUT2D eigenvalue weighted by atomic mass is 35.5. The number of nitrogens with zero attached hydrogens (tertiary/aromatic N) is 2. The van der Waals surface area contributed by atoms with Crippen molar-refractivity contribution in [3.63, 3.8) is 0 Å². The highest BCUT2D eigenvalue weighted by Crippen LogP contribution is 2.27. The lowest BCUT2D eigenvalue weighted by Gasteiger charge is -2.05. The molecule has 134 valence electrons. The Balaban J connectivity index is 1.50. The number of thioether (sulfide) groups is 1. The van der Waals surface area contributed by atoms with Crippen LogP contribution in [0.15, 0.2) is 40.1 Å². The van der Waals surface area contributed by atoms with Gasteiger partial charge < -0.3 is 5.32 Å². The van der Waals surface area contributed by atoms with Crippen LogP contribution in [-0.2, 0) is 4.79 Å². The monoisotopic (exact) mass is 444 g/mol. The summed E-state index contributed by atoms with van der Waals surface area (Å²) in [6.07, 6.45) is 0. The van der Waals surface area contributed by atoms with Crippen LogP contribution in [0.5, 0.6) is 0 Å². The number of aromatic nitrogens is 2. The van der Waals surface area contributed by atoms with E-state index in [2.05, 4.69) is 20.8 Å². The third-order valence-electron chi connectivity index (χ3n) is 2.90. The smallest absolute Gasteiger partial charge is 0.267 e. The predicted molar refractivity (Wildman–Crippen MR) is 108 cm³/mol. The number of halogens is 2. The van der Waals surface area contributed by atoms with E-state index in [4.69, 9.17) is 23.2 Å². The molecule has 3 rings (SSSR count). The molecule has 1 aromatic carbocycles. The molecule has 0 spiro atoms. The van der Waals surface area contributed by atoms with Crippen molar-refractivity contribution in [3.8, 4) is 0 Å². The van der Waals surface area contributed by atoms with E-state index in [-0.39, 0.29) is 17.6 Å². The minimum Gasteiger partial charge on any atom is -0.325 e. The maximum absolute atomic E-state index is 12.0. The van der Waals surface area contributed by atoms with E-state index in [1.165, 1.54) is 34.4 Å². The zero-order valence-corrected chi connectivity index (χ0v) is 16.8. The Morgan fingerprint density at radius 1 is 1.12 bits per heavy atom. The second-order valence-corrected chi connectivity index (χ2v) is 8.73. The number of hydrogen-bond donors (Lipinski definition) is 2. The molecule has 0 saturated carbocycles. The van der Waals surface area contributed by atoms with E-state index in [1.54, 1.807) is 30.3 Å². The van der Waals surface area contributed by atoms with Gasteiger partial charge in [-0.1, -0.05) is 52.4 Å². The number of anilines is 2. The molecule has 2 heterocycles. The zero-order valence-electron chi connectivity index (χ0n) is 12.9. The fourth-order valence-corrected chi connectivity index (χ4v) is 4.25. The molecule has 2 aromatic heterocycles. The molecule has 2 N–H and O–H groups in total. The lowest BCUT2D eigenvalue weighted by molar-refractivity contribution is -0.113. The van der Waals surface area contributed by atoms with Crippen LogP contribution >= 0.6 is 57.6 Å². The van der Waals surface area contributed by atoms with Crippen molar-refractivity contribution < 1.29 is 9.59 Å². The number of thiophene rings is 1. The Morgan fingerprint density at radius 3 is 2.69 bits per heavy atom. The Morgan fingerprint density at radius 2 is 1.96 bits per heavy atom. The van der Waals surface area contributed by atoms with Gasteiger partial charge in [0.25, 0.3) is 5.91 Å². The standard InChI is InChI=1S/C15H10Cl2N4O2S3/c16-9-4-3-8(6-10(9)17)18-12(22)7-25-15-21-20-14(26-15)19-13(23)11-2-1-5-24-11/h1-6H,7H2,(H,18,22)(H,19,20,23). The molecule has 0 aliphatic heterocycles. The lowest BCUT2D eigenvalue weighted by atomic mass is 10.3. The highest BCUT2D eigenvalue weighted by Gasteiger charge is 2.12. The van der Waals surface area contributed by atoms with Gasteiger partial charge in [-0.2, -0.15) is 0 Å². The highest BCUT2D eigenvalue weighted by molar-refractivity contribution is 8.01. The van der Waals surface area contributed by atoms with Crippen molar-refractivity contribution in [3.05, 3.63) is 50.6 Å². The summed E-state index contributed by atoms with van der Waals surface area (Å²) in [6, 6.07) is 8.38. The summed E-state index contributed by atoms with van der Waals surface area (Å²) >= 11 is 15.5. The van der Waals surface area contributed by atoms with Gasteiger partial charge in [-0.15, -0.1) is 21.5 Å². The van der Waals surface area contributed by atoms with Gasteiger partial charge in [-0.25, -0.2) is 0 Å². The summed E-state index contributed by atoms with van der Waals surface area (Å²) < 4.78 is 0.579. The summed E-state index contributed by atoms with van der Waals surface area (Å²) in [4.78, 5) is 24.5. The predicted octanol–water partition coefficient (Wildman–Crippen LogP) is 4.89. The summed E-state index contributed by atoms with van der Waals surface area (Å²) in [5, 5.41) is 16.3. The number of carbonyl (C=O) groups is 2. The van der Waals surface area contributed by atoms with Crippen molar-refractivity contribution in [1.29, 1.82) is 0 Å². The van der Waals surface area contributed by atoms with Gasteiger partial charge in [0.2, 0.25) is 11.0 Å². The second kappa shape index (κ2) is 8.83. The minimum absolute atomic E-state index is 0.147. The van der Waals surface area contributed by atoms with E-state index in [1.807, 2.05) is 5.38 Å². The van der Waals surface area contributed by atoms with Crippen LogP contribution in [0.2, 0.25) is 10.0 Å². The summed E-state index contributed by atoms with van der Waals surface area (Å²) in [5.74, 6) is -0.300. The van der Waals surface area contributed by atoms with Crippen LogP contribution in [0.3, 0.4) is 0 Å². The molecule has 0 fully saturated rings. The number of amides is 2. The number of carbonyl (C=O) groups excluding carboxylic acids is 2. The summed E-state index contributed by atoms with van der Waals surface area (Å²) in [5.41, 5.74) is 0.561. The van der Waals surface area contributed by atoms with E-state index >= 15 is 0 Å². The van der Waals surface area contributed by atoms with Crippen LogP contribution in [0.1, 0.15) is 9.67 Å². The maximum Gasteiger partial charge on any atom is 0.267 e. The normalized spacial score (nSPS) is 10.5. The molecular formula is C15H10Cl2N4O2S3. The fourth-order valence-electron chi connectivity index (χ4n) is 1.78. The van der Waals surface area contributed by atoms with E-state index < -0.39 is 0 Å². The number of rotatable bonds is 6. The fraction of sp³-hybridized carbons (Fsp3) is 0.0667. The number of nitrogens with one attached hydrogen (secondary N) is 2. The van der Waals surface area contributed by atoms with E-state index in [0.717, 1.165) is 0 Å². The van der Waals surface area contributed by atoms with Crippen molar-refractivity contribution >= 4 is 80.3 Å². The Labute approximate surface area is 170 Å². The molecule has 0 bridgehead atoms. The Hall–Kier alpha value is -1.65. The average Bonchev–Trinajstić information content (AvgIpc) is 3.28. The zero-order chi connectivity index (χ0) is 18.5. The second-order valence-electron chi connectivity index (χ2n) is 4.77. The van der Waals surface area contributed by atoms with Crippen LogP contribution in [-0.4, -0.2) is 27.8 Å². The summed E-state index contributed by atoms with van der Waals surface area (Å²) in [7, 11) is 0. The van der Waals surface area contributed by atoms with Crippen molar-refractivity contribution in [2.45, 2.75) is 4.34 Å². The van der Waals surface area contributed by atoms with Gasteiger partial charge in [-0.05, 0) is 29.6 Å². The Bertz CT molecular complexity index is 931. The molecule has 0 radical (unpaired) electrons. The molecule has 0 atom stereocenters. The van der Waals surface area contributed by atoms with Crippen molar-refractivity contribution in [2.24, 2.45) is 0 Å². The quantitative estimate of drug-likeness (QED) is 0.417. The first-order valence-electron chi connectivity index (χ1n) is 7.07. The largest absolute Gasteiger partial charge is 0.325 e. The molecule has 3 aromatic rings. The molecule has 0 unspecified atom stereocenters. The van der Waals surface area contributed by atoms with Gasteiger partial charge >= 0.3 is 0 Å². The minimum atomic E-state index is -0.231. The third kappa shape index (κ3) is 5.18. The van der Waals surface area contributed by atoms with E-state index in [0.29, 0.717) is 30.1 Å². The first-order valence-corrected chi connectivity index (χ1v) is 10.5. The molecule has 0 aliphatic carbocycles. The van der Waals surface area contributed by atoms with Gasteiger partial charge in [0.15, 0.2) is 4.34 Å². The molecule has 0 aliphatic rings. The molecule has 6 nitrogen and oxygen atoms in total. The van der Waals surface area contributed by atoms with Gasteiger partial charge in [-0.3, -0.25) is 14.9 Å². The molecular weight excluding hydrogens is 435 g/mol.